The Morgan fingerprint density at radius 1 is 0.262 bits per heavy atom. The van der Waals surface area contributed by atoms with Crippen molar-refractivity contribution in [3.8, 4) is 33.6 Å². The third-order valence-electron chi connectivity index (χ3n) is 12.2. The summed E-state index contributed by atoms with van der Waals surface area (Å²) in [4.78, 5) is 2.37. The van der Waals surface area contributed by atoms with Crippen LogP contribution < -0.4 is 4.90 Å². The number of hydrogen-bond acceptors (Lipinski definition) is 1. The van der Waals surface area contributed by atoms with Crippen molar-refractivity contribution in [2.75, 3.05) is 4.90 Å². The Kier molecular flexibility index (Phi) is 8.17. The SMILES string of the molecule is c1ccc(N(c2ccccc2)c2cc(-c3ccc4c(c3)c3c5ccccc5ccc3n4-c3ccccc3)cc(-c3ccc4c5ccccc5n(-c5ccccc5)c4c3)c2)cc1. The molecule has 0 bridgehead atoms. The third kappa shape index (κ3) is 5.82. The minimum atomic E-state index is 1.09. The summed E-state index contributed by atoms with van der Waals surface area (Å²) in [5.41, 5.74) is 15.0. The minimum Gasteiger partial charge on any atom is -0.310 e. The molecule has 3 nitrogen and oxygen atoms in total. The lowest BCUT2D eigenvalue weighted by molar-refractivity contribution is 1.18. The molecule has 61 heavy (non-hydrogen) atoms. The van der Waals surface area contributed by atoms with Gasteiger partial charge in [0.25, 0.3) is 0 Å². The first-order valence-electron chi connectivity index (χ1n) is 20.9. The zero-order valence-electron chi connectivity index (χ0n) is 33.4. The van der Waals surface area contributed by atoms with E-state index in [1.54, 1.807) is 0 Å². The van der Waals surface area contributed by atoms with Gasteiger partial charge in [-0.3, -0.25) is 0 Å². The van der Waals surface area contributed by atoms with E-state index in [1.807, 2.05) is 0 Å². The molecule has 0 saturated heterocycles. The highest BCUT2D eigenvalue weighted by atomic mass is 15.1. The minimum absolute atomic E-state index is 1.09. The summed E-state index contributed by atoms with van der Waals surface area (Å²) in [6.07, 6.45) is 0. The Morgan fingerprint density at radius 2 is 0.754 bits per heavy atom. The van der Waals surface area contributed by atoms with Crippen molar-refractivity contribution in [3.05, 3.63) is 237 Å². The van der Waals surface area contributed by atoms with Gasteiger partial charge in [0.15, 0.2) is 0 Å². The van der Waals surface area contributed by atoms with Crippen LogP contribution in [0.2, 0.25) is 0 Å². The largest absolute Gasteiger partial charge is 0.310 e. The van der Waals surface area contributed by atoms with E-state index in [-0.39, 0.29) is 0 Å². The van der Waals surface area contributed by atoms with Crippen molar-refractivity contribution in [2.45, 2.75) is 0 Å². The van der Waals surface area contributed by atoms with E-state index in [0.29, 0.717) is 0 Å². The Bertz CT molecular complexity index is 3530. The Balaban J connectivity index is 1.13. The molecule has 0 spiro atoms. The van der Waals surface area contributed by atoms with Gasteiger partial charge in [-0.2, -0.15) is 0 Å². The second kappa shape index (κ2) is 14.3. The Labute approximate surface area is 354 Å². The maximum absolute atomic E-state index is 2.41. The number of anilines is 3. The second-order valence-corrected chi connectivity index (χ2v) is 15.8. The number of hydrogen-bond donors (Lipinski definition) is 0. The highest BCUT2D eigenvalue weighted by Crippen LogP contribution is 2.43. The first-order chi connectivity index (χ1) is 30.3. The van der Waals surface area contributed by atoms with Crippen molar-refractivity contribution in [2.24, 2.45) is 0 Å². The Hall–Kier alpha value is -8.14. The molecular weight excluding hydrogens is 739 g/mol. The summed E-state index contributed by atoms with van der Waals surface area (Å²) in [5.74, 6) is 0. The van der Waals surface area contributed by atoms with Crippen LogP contribution in [0.5, 0.6) is 0 Å². The lowest BCUT2D eigenvalue weighted by Gasteiger charge is -2.27. The fourth-order valence-electron chi connectivity index (χ4n) is 9.51. The van der Waals surface area contributed by atoms with Crippen molar-refractivity contribution >= 4 is 71.4 Å². The van der Waals surface area contributed by atoms with Gasteiger partial charge in [-0.1, -0.05) is 140 Å². The predicted molar refractivity (Wildman–Crippen MR) is 258 cm³/mol. The molecule has 0 amide bonds. The van der Waals surface area contributed by atoms with Crippen LogP contribution in [0.15, 0.2) is 237 Å². The topological polar surface area (TPSA) is 13.1 Å². The number of aromatic nitrogens is 2. The van der Waals surface area contributed by atoms with Gasteiger partial charge in [0.05, 0.1) is 22.1 Å². The fraction of sp³-hybridized carbons (Fsp3) is 0. The summed E-state index contributed by atoms with van der Waals surface area (Å²) < 4.78 is 4.82. The molecule has 12 aromatic rings. The van der Waals surface area contributed by atoms with Gasteiger partial charge in [0.2, 0.25) is 0 Å². The average molecular weight is 778 g/mol. The molecule has 0 saturated carbocycles. The quantitative estimate of drug-likeness (QED) is 0.157. The van der Waals surface area contributed by atoms with Gasteiger partial charge >= 0.3 is 0 Å². The maximum atomic E-state index is 2.41. The molecule has 0 radical (unpaired) electrons. The van der Waals surface area contributed by atoms with Crippen molar-refractivity contribution in [1.29, 1.82) is 0 Å². The van der Waals surface area contributed by atoms with Crippen LogP contribution in [-0.4, -0.2) is 9.13 Å². The smallest absolute Gasteiger partial charge is 0.0547 e. The summed E-state index contributed by atoms with van der Waals surface area (Å²) >= 11 is 0. The normalized spacial score (nSPS) is 11.6. The van der Waals surface area contributed by atoms with E-state index < -0.39 is 0 Å². The molecule has 0 unspecified atom stereocenters. The van der Waals surface area contributed by atoms with E-state index in [1.165, 1.54) is 54.4 Å². The van der Waals surface area contributed by atoms with E-state index in [9.17, 15) is 0 Å². The zero-order chi connectivity index (χ0) is 40.3. The molecule has 0 aliphatic carbocycles. The molecule has 0 aliphatic rings. The van der Waals surface area contributed by atoms with E-state index in [0.717, 1.165) is 50.7 Å². The third-order valence-corrected chi connectivity index (χ3v) is 12.2. The molecule has 2 heterocycles. The maximum Gasteiger partial charge on any atom is 0.0547 e. The van der Waals surface area contributed by atoms with Gasteiger partial charge in [0, 0.05) is 50.0 Å². The summed E-state index contributed by atoms with van der Waals surface area (Å²) in [6.45, 7) is 0. The van der Waals surface area contributed by atoms with Crippen LogP contribution in [0.25, 0.3) is 88.0 Å². The summed E-state index contributed by atoms with van der Waals surface area (Å²) in [7, 11) is 0. The van der Waals surface area contributed by atoms with Gasteiger partial charge in [-0.25, -0.2) is 0 Å². The summed E-state index contributed by atoms with van der Waals surface area (Å²) in [5, 5.41) is 7.48. The van der Waals surface area contributed by atoms with Crippen molar-refractivity contribution in [1.82, 2.24) is 9.13 Å². The number of rotatable bonds is 7. The average Bonchev–Trinajstić information content (AvgIpc) is 3.85. The van der Waals surface area contributed by atoms with Crippen LogP contribution in [-0.2, 0) is 0 Å². The molecular formula is C58H39N3. The first-order valence-corrected chi connectivity index (χ1v) is 20.9. The second-order valence-electron chi connectivity index (χ2n) is 15.8. The van der Waals surface area contributed by atoms with Gasteiger partial charge in [0.1, 0.15) is 0 Å². The summed E-state index contributed by atoms with van der Waals surface area (Å²) in [6, 6.07) is 86.0. The van der Waals surface area contributed by atoms with E-state index in [4.69, 9.17) is 0 Å². The number of para-hydroxylation sites is 5. The lowest BCUT2D eigenvalue weighted by atomic mass is 9.95. The van der Waals surface area contributed by atoms with E-state index in [2.05, 4.69) is 251 Å². The van der Waals surface area contributed by atoms with Gasteiger partial charge < -0.3 is 14.0 Å². The van der Waals surface area contributed by atoms with Gasteiger partial charge in [-0.15, -0.1) is 0 Å². The molecule has 10 aromatic carbocycles. The zero-order valence-corrected chi connectivity index (χ0v) is 33.4. The molecule has 3 heteroatoms. The van der Waals surface area contributed by atoms with Crippen molar-refractivity contribution < 1.29 is 0 Å². The molecule has 0 aliphatic heterocycles. The molecule has 0 atom stereocenters. The predicted octanol–water partition coefficient (Wildman–Crippen LogP) is 15.8. The molecule has 0 N–H and O–H groups in total. The highest BCUT2D eigenvalue weighted by molar-refractivity contribution is 6.22. The molecule has 2 aromatic heterocycles. The Morgan fingerprint density at radius 3 is 1.43 bits per heavy atom. The van der Waals surface area contributed by atoms with E-state index >= 15 is 0 Å². The fourth-order valence-corrected chi connectivity index (χ4v) is 9.51. The monoisotopic (exact) mass is 777 g/mol. The van der Waals surface area contributed by atoms with Crippen LogP contribution in [0.3, 0.4) is 0 Å². The van der Waals surface area contributed by atoms with Crippen LogP contribution in [0, 0.1) is 0 Å². The molecule has 12 rings (SSSR count). The highest BCUT2D eigenvalue weighted by Gasteiger charge is 2.20. The molecule has 286 valence electrons. The van der Waals surface area contributed by atoms with Gasteiger partial charge in [-0.05, 0) is 130 Å². The number of nitrogens with zero attached hydrogens (tertiary/aromatic N) is 3. The number of fused-ring (bicyclic) bond motifs is 8. The van der Waals surface area contributed by atoms with Crippen LogP contribution >= 0.6 is 0 Å². The first kappa shape index (κ1) is 34.9. The van der Waals surface area contributed by atoms with Crippen LogP contribution in [0.1, 0.15) is 0 Å². The number of benzene rings is 10. The van der Waals surface area contributed by atoms with Crippen molar-refractivity contribution in [3.63, 3.8) is 0 Å². The standard InChI is InChI=1S/C58H39N3/c1-5-18-45(19-6-1)59(46-20-7-2-8-21-46)49-36-43(35-44(37-49)42-29-32-52-51-27-15-16-28-54(51)61(57(52)39-42)48-24-11-4-12-25-48)41-31-33-55-53(38-41)58-50-26-14-13-17-40(50)30-34-56(58)60(55)47-22-9-3-10-23-47/h1-39H. The molecule has 0 fully saturated rings. The van der Waals surface area contributed by atoms with Crippen LogP contribution in [0.4, 0.5) is 17.1 Å². The lowest BCUT2D eigenvalue weighted by Crippen LogP contribution is -2.10.